The molecule has 0 spiro atoms. The summed E-state index contributed by atoms with van der Waals surface area (Å²) in [5.74, 6) is 0. The van der Waals surface area contributed by atoms with E-state index in [1.54, 1.807) is 0 Å². The van der Waals surface area contributed by atoms with Gasteiger partial charge in [-0.15, -0.1) is 0 Å². The standard InChI is InChI=1S/C12H14O/c13-10-12(8-4-1-5-9-12)11-6-2-3-7-11/h1-6,8,13H,7,9-10H2/t12-/m0/s1. The van der Waals surface area contributed by atoms with Crippen LogP contribution in [0.15, 0.2) is 48.1 Å². The van der Waals surface area contributed by atoms with E-state index in [9.17, 15) is 5.11 Å². The third kappa shape index (κ3) is 1.40. The molecule has 0 aliphatic heterocycles. The van der Waals surface area contributed by atoms with Gasteiger partial charge in [-0.05, 0) is 12.8 Å². The molecule has 2 aliphatic carbocycles. The second-order valence-electron chi connectivity index (χ2n) is 3.63. The van der Waals surface area contributed by atoms with Crippen molar-refractivity contribution in [1.82, 2.24) is 0 Å². The Hall–Kier alpha value is -1.08. The van der Waals surface area contributed by atoms with Crippen molar-refractivity contribution >= 4 is 0 Å². The van der Waals surface area contributed by atoms with Gasteiger partial charge in [-0.25, -0.2) is 0 Å². The highest BCUT2D eigenvalue weighted by atomic mass is 16.3. The average Bonchev–Trinajstić information content (AvgIpc) is 2.72. The third-order valence-corrected chi connectivity index (χ3v) is 2.84. The maximum Gasteiger partial charge on any atom is 0.0562 e. The zero-order valence-electron chi connectivity index (χ0n) is 7.61. The van der Waals surface area contributed by atoms with Crippen molar-refractivity contribution in [3.05, 3.63) is 48.1 Å². The van der Waals surface area contributed by atoms with Crippen LogP contribution in [0.4, 0.5) is 0 Å². The van der Waals surface area contributed by atoms with Crippen LogP contribution in [-0.4, -0.2) is 11.7 Å². The Bertz CT molecular complexity index is 307. The lowest BCUT2D eigenvalue weighted by atomic mass is 9.75. The zero-order valence-corrected chi connectivity index (χ0v) is 7.61. The minimum absolute atomic E-state index is 0.113. The van der Waals surface area contributed by atoms with E-state index in [-0.39, 0.29) is 12.0 Å². The molecule has 0 heterocycles. The van der Waals surface area contributed by atoms with Gasteiger partial charge in [0.05, 0.1) is 6.61 Å². The topological polar surface area (TPSA) is 20.2 Å². The van der Waals surface area contributed by atoms with Crippen molar-refractivity contribution in [2.24, 2.45) is 5.41 Å². The van der Waals surface area contributed by atoms with E-state index in [0.29, 0.717) is 0 Å². The number of rotatable bonds is 2. The zero-order chi connectivity index (χ0) is 9.15. The van der Waals surface area contributed by atoms with E-state index in [2.05, 4.69) is 30.4 Å². The van der Waals surface area contributed by atoms with E-state index in [1.807, 2.05) is 12.2 Å². The summed E-state index contributed by atoms with van der Waals surface area (Å²) in [5, 5.41) is 9.45. The van der Waals surface area contributed by atoms with Crippen LogP contribution >= 0.6 is 0 Å². The fourth-order valence-corrected chi connectivity index (χ4v) is 1.94. The summed E-state index contributed by atoms with van der Waals surface area (Å²) in [6.07, 6.45) is 16.5. The molecule has 0 aromatic rings. The first-order valence-corrected chi connectivity index (χ1v) is 4.69. The molecular weight excluding hydrogens is 160 g/mol. The second-order valence-corrected chi connectivity index (χ2v) is 3.63. The van der Waals surface area contributed by atoms with E-state index in [4.69, 9.17) is 0 Å². The molecule has 1 heteroatoms. The van der Waals surface area contributed by atoms with Crippen LogP contribution in [0.1, 0.15) is 12.8 Å². The molecule has 0 amide bonds. The van der Waals surface area contributed by atoms with Crippen molar-refractivity contribution in [2.45, 2.75) is 12.8 Å². The van der Waals surface area contributed by atoms with Gasteiger partial charge in [0.1, 0.15) is 0 Å². The fraction of sp³-hybridized carbons (Fsp3) is 0.333. The molecule has 0 saturated carbocycles. The minimum atomic E-state index is -0.113. The van der Waals surface area contributed by atoms with E-state index in [1.165, 1.54) is 5.57 Å². The van der Waals surface area contributed by atoms with Gasteiger partial charge in [-0.3, -0.25) is 0 Å². The van der Waals surface area contributed by atoms with Gasteiger partial charge < -0.3 is 5.11 Å². The summed E-state index contributed by atoms with van der Waals surface area (Å²) in [6.45, 7) is 0.210. The molecular formula is C12H14O. The smallest absolute Gasteiger partial charge is 0.0562 e. The molecule has 1 atom stereocenters. The van der Waals surface area contributed by atoms with Crippen molar-refractivity contribution in [3.8, 4) is 0 Å². The van der Waals surface area contributed by atoms with Gasteiger partial charge in [0, 0.05) is 5.41 Å². The minimum Gasteiger partial charge on any atom is -0.395 e. The maximum absolute atomic E-state index is 9.45. The lowest BCUT2D eigenvalue weighted by Gasteiger charge is -2.30. The molecule has 13 heavy (non-hydrogen) atoms. The highest BCUT2D eigenvalue weighted by Crippen LogP contribution is 2.39. The molecule has 1 nitrogen and oxygen atoms in total. The summed E-state index contributed by atoms with van der Waals surface area (Å²) in [7, 11) is 0. The first kappa shape index (κ1) is 8.52. The lowest BCUT2D eigenvalue weighted by Crippen LogP contribution is -2.25. The number of aliphatic hydroxyl groups is 1. The largest absolute Gasteiger partial charge is 0.395 e. The van der Waals surface area contributed by atoms with Crippen LogP contribution in [0.2, 0.25) is 0 Å². The quantitative estimate of drug-likeness (QED) is 0.681. The number of hydrogen-bond donors (Lipinski definition) is 1. The molecule has 0 radical (unpaired) electrons. The Labute approximate surface area is 78.8 Å². The first-order chi connectivity index (χ1) is 6.37. The van der Waals surface area contributed by atoms with Crippen LogP contribution in [0, 0.1) is 5.41 Å². The summed E-state index contributed by atoms with van der Waals surface area (Å²) < 4.78 is 0. The SMILES string of the molecule is OC[C@]1(C2=CC=CC2)C=CC=CC1. The summed E-state index contributed by atoms with van der Waals surface area (Å²) in [6, 6.07) is 0. The molecule has 0 bridgehead atoms. The van der Waals surface area contributed by atoms with Gasteiger partial charge in [-0.2, -0.15) is 0 Å². The predicted molar refractivity (Wildman–Crippen MR) is 54.3 cm³/mol. The Balaban J connectivity index is 2.25. The summed E-state index contributed by atoms with van der Waals surface area (Å²) in [5.41, 5.74) is 1.22. The van der Waals surface area contributed by atoms with Gasteiger partial charge >= 0.3 is 0 Å². The monoisotopic (exact) mass is 174 g/mol. The van der Waals surface area contributed by atoms with E-state index >= 15 is 0 Å². The van der Waals surface area contributed by atoms with Crippen molar-refractivity contribution < 1.29 is 5.11 Å². The predicted octanol–water partition coefficient (Wildman–Crippen LogP) is 2.37. The first-order valence-electron chi connectivity index (χ1n) is 4.69. The van der Waals surface area contributed by atoms with Crippen LogP contribution in [-0.2, 0) is 0 Å². The second kappa shape index (κ2) is 3.35. The summed E-state index contributed by atoms with van der Waals surface area (Å²) in [4.78, 5) is 0. The number of aliphatic hydroxyl groups excluding tert-OH is 1. The lowest BCUT2D eigenvalue weighted by molar-refractivity contribution is 0.197. The Morgan fingerprint density at radius 1 is 1.23 bits per heavy atom. The van der Waals surface area contributed by atoms with E-state index in [0.717, 1.165) is 12.8 Å². The van der Waals surface area contributed by atoms with Crippen LogP contribution in [0.25, 0.3) is 0 Å². The molecule has 2 aliphatic rings. The number of allylic oxidation sites excluding steroid dienone is 6. The molecule has 68 valence electrons. The normalized spacial score (nSPS) is 31.0. The van der Waals surface area contributed by atoms with Gasteiger partial charge in [0.2, 0.25) is 0 Å². The van der Waals surface area contributed by atoms with E-state index < -0.39 is 0 Å². The van der Waals surface area contributed by atoms with Gasteiger partial charge in [0.15, 0.2) is 0 Å². The number of hydrogen-bond acceptors (Lipinski definition) is 1. The molecule has 2 rings (SSSR count). The Kier molecular flexibility index (Phi) is 2.19. The average molecular weight is 174 g/mol. The van der Waals surface area contributed by atoms with Crippen molar-refractivity contribution in [3.63, 3.8) is 0 Å². The highest BCUT2D eigenvalue weighted by molar-refractivity contribution is 5.36. The summed E-state index contributed by atoms with van der Waals surface area (Å²) >= 11 is 0. The molecule has 0 unspecified atom stereocenters. The molecule has 0 aromatic heterocycles. The molecule has 0 fully saturated rings. The van der Waals surface area contributed by atoms with Crippen LogP contribution < -0.4 is 0 Å². The Morgan fingerprint density at radius 2 is 2.15 bits per heavy atom. The molecule has 0 saturated heterocycles. The highest BCUT2D eigenvalue weighted by Gasteiger charge is 2.30. The van der Waals surface area contributed by atoms with Crippen molar-refractivity contribution in [2.75, 3.05) is 6.61 Å². The molecule has 0 aromatic carbocycles. The van der Waals surface area contributed by atoms with Gasteiger partial charge in [0.25, 0.3) is 0 Å². The van der Waals surface area contributed by atoms with Crippen LogP contribution in [0.3, 0.4) is 0 Å². The maximum atomic E-state index is 9.45. The van der Waals surface area contributed by atoms with Crippen LogP contribution in [0.5, 0.6) is 0 Å². The molecule has 1 N–H and O–H groups in total. The van der Waals surface area contributed by atoms with Gasteiger partial charge in [-0.1, -0.05) is 48.1 Å². The van der Waals surface area contributed by atoms with Crippen molar-refractivity contribution in [1.29, 1.82) is 0 Å². The Morgan fingerprint density at radius 3 is 2.69 bits per heavy atom. The fourth-order valence-electron chi connectivity index (χ4n) is 1.94. The third-order valence-electron chi connectivity index (χ3n) is 2.84.